The molecule has 0 unspecified atom stereocenters. The van der Waals surface area contributed by atoms with Gasteiger partial charge in [-0.05, 0) is 49.7 Å². The van der Waals surface area contributed by atoms with Crippen molar-refractivity contribution in [3.63, 3.8) is 0 Å². The Balaban J connectivity index is 1.84. The second kappa shape index (κ2) is 6.67. The zero-order valence-corrected chi connectivity index (χ0v) is 13.7. The van der Waals surface area contributed by atoms with Crippen molar-refractivity contribution < 1.29 is 0 Å². The van der Waals surface area contributed by atoms with Gasteiger partial charge >= 0.3 is 0 Å². The van der Waals surface area contributed by atoms with Gasteiger partial charge in [0.1, 0.15) is 17.5 Å². The largest absolute Gasteiger partial charge is 0.340 e. The molecule has 0 saturated carbocycles. The number of para-hydroxylation sites is 1. The molecule has 3 rings (SSSR count). The molecule has 4 nitrogen and oxygen atoms in total. The van der Waals surface area contributed by atoms with E-state index in [1.165, 1.54) is 0 Å². The van der Waals surface area contributed by atoms with E-state index in [4.69, 9.17) is 11.6 Å². The van der Waals surface area contributed by atoms with Crippen LogP contribution in [0.25, 0.3) is 0 Å². The number of nitrogens with one attached hydrogen (secondary N) is 2. The molecule has 0 aliphatic heterocycles. The number of halogens is 1. The molecule has 2 N–H and O–H groups in total. The van der Waals surface area contributed by atoms with Crippen LogP contribution >= 0.6 is 11.6 Å². The third kappa shape index (κ3) is 3.99. The van der Waals surface area contributed by atoms with Crippen molar-refractivity contribution in [1.29, 1.82) is 0 Å². The fourth-order valence-electron chi connectivity index (χ4n) is 2.23. The lowest BCUT2D eigenvalue weighted by Crippen LogP contribution is -2.02. The van der Waals surface area contributed by atoms with Crippen molar-refractivity contribution in [2.75, 3.05) is 10.6 Å². The van der Waals surface area contributed by atoms with E-state index in [1.54, 1.807) is 0 Å². The Labute approximate surface area is 140 Å². The van der Waals surface area contributed by atoms with Crippen LogP contribution in [0.3, 0.4) is 0 Å². The molecule has 0 amide bonds. The Morgan fingerprint density at radius 2 is 1.48 bits per heavy atom. The average molecular weight is 325 g/mol. The Morgan fingerprint density at radius 1 is 0.826 bits per heavy atom. The van der Waals surface area contributed by atoms with Crippen LogP contribution in [0.2, 0.25) is 5.02 Å². The summed E-state index contributed by atoms with van der Waals surface area (Å²) in [4.78, 5) is 8.86. The Morgan fingerprint density at radius 3 is 2.17 bits per heavy atom. The predicted molar refractivity (Wildman–Crippen MR) is 96.0 cm³/mol. The topological polar surface area (TPSA) is 49.8 Å². The summed E-state index contributed by atoms with van der Waals surface area (Å²) in [6.07, 6.45) is 0. The third-order valence-electron chi connectivity index (χ3n) is 3.36. The maximum absolute atomic E-state index is 5.91. The summed E-state index contributed by atoms with van der Waals surface area (Å²) in [5, 5.41) is 7.30. The van der Waals surface area contributed by atoms with Gasteiger partial charge in [-0.1, -0.05) is 29.8 Å². The maximum Gasteiger partial charge on any atom is 0.136 e. The van der Waals surface area contributed by atoms with Gasteiger partial charge in [-0.3, -0.25) is 0 Å². The van der Waals surface area contributed by atoms with Gasteiger partial charge in [0.25, 0.3) is 0 Å². The number of benzene rings is 2. The van der Waals surface area contributed by atoms with E-state index in [0.717, 1.165) is 28.6 Å². The van der Waals surface area contributed by atoms with Crippen molar-refractivity contribution in [3.8, 4) is 0 Å². The molecule has 0 fully saturated rings. The summed E-state index contributed by atoms with van der Waals surface area (Å²) in [7, 11) is 0. The van der Waals surface area contributed by atoms with Crippen molar-refractivity contribution in [1.82, 2.24) is 9.97 Å². The molecule has 0 bridgehead atoms. The number of aromatic nitrogens is 2. The van der Waals surface area contributed by atoms with Gasteiger partial charge in [0, 0.05) is 22.5 Å². The molecule has 0 saturated heterocycles. The molecule has 0 aliphatic rings. The van der Waals surface area contributed by atoms with Gasteiger partial charge in [-0.25, -0.2) is 9.97 Å². The van der Waals surface area contributed by atoms with Gasteiger partial charge < -0.3 is 10.6 Å². The van der Waals surface area contributed by atoms with Gasteiger partial charge in [-0.15, -0.1) is 0 Å². The third-order valence-corrected chi connectivity index (χ3v) is 3.61. The fourth-order valence-corrected chi connectivity index (χ4v) is 2.35. The van der Waals surface area contributed by atoms with Crippen LogP contribution in [0, 0.1) is 13.8 Å². The SMILES string of the molecule is Cc1nc(Nc2ccc(Cl)cc2)cc(Nc2ccccc2C)n1. The van der Waals surface area contributed by atoms with E-state index in [1.807, 2.05) is 55.5 Å². The average Bonchev–Trinajstić information content (AvgIpc) is 2.51. The normalized spacial score (nSPS) is 10.4. The minimum absolute atomic E-state index is 0.694. The highest BCUT2D eigenvalue weighted by molar-refractivity contribution is 6.30. The second-order valence-corrected chi connectivity index (χ2v) is 5.69. The van der Waals surface area contributed by atoms with Crippen LogP contribution in [0.4, 0.5) is 23.0 Å². The monoisotopic (exact) mass is 324 g/mol. The number of hydrogen-bond acceptors (Lipinski definition) is 4. The van der Waals surface area contributed by atoms with Gasteiger partial charge in [0.05, 0.1) is 0 Å². The first-order valence-corrected chi connectivity index (χ1v) is 7.69. The summed E-state index contributed by atoms with van der Waals surface area (Å²) >= 11 is 5.91. The van der Waals surface area contributed by atoms with E-state index in [0.29, 0.717) is 10.8 Å². The minimum atomic E-state index is 0.694. The van der Waals surface area contributed by atoms with Gasteiger partial charge in [0.15, 0.2) is 0 Å². The first kappa shape index (κ1) is 15.3. The summed E-state index contributed by atoms with van der Waals surface area (Å²) in [6, 6.07) is 17.5. The highest BCUT2D eigenvalue weighted by Crippen LogP contribution is 2.23. The molecule has 0 radical (unpaired) electrons. The van der Waals surface area contributed by atoms with E-state index in [-0.39, 0.29) is 0 Å². The standard InChI is InChI=1S/C18H17ClN4/c1-12-5-3-4-6-16(12)23-18-11-17(20-13(2)21-18)22-15-9-7-14(19)8-10-15/h3-11H,1-2H3,(H2,20,21,22,23). The molecule has 23 heavy (non-hydrogen) atoms. The number of hydrogen-bond donors (Lipinski definition) is 2. The maximum atomic E-state index is 5.91. The number of aryl methyl sites for hydroxylation is 2. The zero-order chi connectivity index (χ0) is 16.2. The number of rotatable bonds is 4. The minimum Gasteiger partial charge on any atom is -0.340 e. The Kier molecular flexibility index (Phi) is 4.44. The zero-order valence-electron chi connectivity index (χ0n) is 13.0. The summed E-state index contributed by atoms with van der Waals surface area (Å²) in [5.74, 6) is 2.18. The Bertz CT molecular complexity index is 816. The molecule has 0 atom stereocenters. The van der Waals surface area contributed by atoms with Crippen molar-refractivity contribution in [3.05, 3.63) is 71.0 Å². The summed E-state index contributed by atoms with van der Waals surface area (Å²) in [6.45, 7) is 3.93. The predicted octanol–water partition coefficient (Wildman–Crippen LogP) is 5.23. The van der Waals surface area contributed by atoms with Gasteiger partial charge in [-0.2, -0.15) is 0 Å². The van der Waals surface area contributed by atoms with Crippen LogP contribution in [0.1, 0.15) is 11.4 Å². The molecule has 1 aromatic heterocycles. The molecule has 2 aromatic carbocycles. The van der Waals surface area contributed by atoms with Crippen molar-refractivity contribution in [2.45, 2.75) is 13.8 Å². The van der Waals surface area contributed by atoms with Crippen LogP contribution in [0.15, 0.2) is 54.6 Å². The first-order chi connectivity index (χ1) is 11.1. The molecule has 5 heteroatoms. The van der Waals surface area contributed by atoms with Crippen molar-refractivity contribution >= 4 is 34.6 Å². The summed E-state index contributed by atoms with van der Waals surface area (Å²) < 4.78 is 0. The summed E-state index contributed by atoms with van der Waals surface area (Å²) in [5.41, 5.74) is 3.12. The molecule has 0 aliphatic carbocycles. The van der Waals surface area contributed by atoms with Crippen LogP contribution < -0.4 is 10.6 Å². The Hall–Kier alpha value is -2.59. The van der Waals surface area contributed by atoms with E-state index >= 15 is 0 Å². The number of nitrogens with zero attached hydrogens (tertiary/aromatic N) is 2. The molecule has 0 spiro atoms. The molecule has 1 heterocycles. The quantitative estimate of drug-likeness (QED) is 0.689. The lowest BCUT2D eigenvalue weighted by molar-refractivity contribution is 1.06. The van der Waals surface area contributed by atoms with E-state index in [2.05, 4.69) is 33.6 Å². The highest BCUT2D eigenvalue weighted by atomic mass is 35.5. The van der Waals surface area contributed by atoms with Crippen LogP contribution in [-0.4, -0.2) is 9.97 Å². The van der Waals surface area contributed by atoms with Crippen LogP contribution in [-0.2, 0) is 0 Å². The second-order valence-electron chi connectivity index (χ2n) is 5.26. The van der Waals surface area contributed by atoms with Crippen molar-refractivity contribution in [2.24, 2.45) is 0 Å². The smallest absolute Gasteiger partial charge is 0.136 e. The fraction of sp³-hybridized carbons (Fsp3) is 0.111. The first-order valence-electron chi connectivity index (χ1n) is 7.31. The van der Waals surface area contributed by atoms with Gasteiger partial charge in [0.2, 0.25) is 0 Å². The van der Waals surface area contributed by atoms with E-state index < -0.39 is 0 Å². The molecular weight excluding hydrogens is 308 g/mol. The van der Waals surface area contributed by atoms with Crippen LogP contribution in [0.5, 0.6) is 0 Å². The van der Waals surface area contributed by atoms with E-state index in [9.17, 15) is 0 Å². The molecule has 116 valence electrons. The lowest BCUT2D eigenvalue weighted by atomic mass is 10.2. The highest BCUT2D eigenvalue weighted by Gasteiger charge is 2.04. The molecule has 3 aromatic rings. The molecular formula is C18H17ClN4. The lowest BCUT2D eigenvalue weighted by Gasteiger charge is -2.11. The number of anilines is 4.